The average molecular weight is 254 g/mol. The summed E-state index contributed by atoms with van der Waals surface area (Å²) in [6, 6.07) is 0. The largest absolute Gasteiger partial charge is 0.349 e. The fourth-order valence-electron chi connectivity index (χ4n) is 2.32. The number of carbonyl (C=O) groups is 1. The van der Waals surface area contributed by atoms with Gasteiger partial charge in [-0.25, -0.2) is 0 Å². The second-order valence-corrected chi connectivity index (χ2v) is 5.38. The molecule has 0 aromatic rings. The van der Waals surface area contributed by atoms with E-state index < -0.39 is 0 Å². The molecule has 1 aliphatic rings. The smallest absolute Gasteiger partial charge is 0.219 e. The van der Waals surface area contributed by atoms with E-state index in [4.69, 9.17) is 0 Å². The van der Waals surface area contributed by atoms with Gasteiger partial charge in [0.1, 0.15) is 0 Å². The number of amides is 1. The third-order valence-electron chi connectivity index (χ3n) is 3.35. The topological polar surface area (TPSA) is 39.2 Å². The Hall–Kier alpha value is -1.26. The van der Waals surface area contributed by atoms with Gasteiger partial charge in [0.15, 0.2) is 5.96 Å². The summed E-state index contributed by atoms with van der Waals surface area (Å²) in [6.07, 6.45) is 2.13. The molecule has 1 heterocycles. The van der Waals surface area contributed by atoms with Crippen molar-refractivity contribution in [1.29, 1.82) is 0 Å². The van der Waals surface area contributed by atoms with Crippen LogP contribution in [0.1, 0.15) is 19.8 Å². The lowest BCUT2D eigenvalue weighted by molar-refractivity contribution is -0.130. The number of nitrogens with zero attached hydrogens (tertiary/aromatic N) is 4. The monoisotopic (exact) mass is 254 g/mol. The summed E-state index contributed by atoms with van der Waals surface area (Å²) < 4.78 is 0. The Morgan fingerprint density at radius 1 is 1.17 bits per heavy atom. The molecule has 0 atom stereocenters. The first-order chi connectivity index (χ1) is 8.41. The number of hydrogen-bond donors (Lipinski definition) is 0. The van der Waals surface area contributed by atoms with E-state index in [-0.39, 0.29) is 5.91 Å². The number of hydrogen-bond acceptors (Lipinski definition) is 2. The van der Waals surface area contributed by atoms with Gasteiger partial charge in [0.2, 0.25) is 5.91 Å². The molecular weight excluding hydrogens is 228 g/mol. The van der Waals surface area contributed by atoms with Gasteiger partial charge in [-0.15, -0.1) is 0 Å². The van der Waals surface area contributed by atoms with Crippen LogP contribution in [-0.2, 0) is 4.79 Å². The van der Waals surface area contributed by atoms with Gasteiger partial charge in [-0.05, 0) is 18.8 Å². The van der Waals surface area contributed by atoms with Crippen LogP contribution in [0.15, 0.2) is 4.99 Å². The molecule has 0 bridgehead atoms. The molecule has 0 unspecified atom stereocenters. The minimum absolute atomic E-state index is 0.194. The van der Waals surface area contributed by atoms with Crippen LogP contribution in [-0.4, -0.2) is 74.4 Å². The zero-order chi connectivity index (χ0) is 13.7. The Morgan fingerprint density at radius 3 is 2.06 bits per heavy atom. The van der Waals surface area contributed by atoms with Crippen LogP contribution in [0.3, 0.4) is 0 Å². The van der Waals surface area contributed by atoms with E-state index in [9.17, 15) is 4.79 Å². The minimum atomic E-state index is 0.194. The molecule has 0 N–H and O–H groups in total. The zero-order valence-corrected chi connectivity index (χ0v) is 12.3. The third kappa shape index (κ3) is 4.20. The lowest BCUT2D eigenvalue weighted by atomic mass is 9.97. The molecule has 1 amide bonds. The summed E-state index contributed by atoms with van der Waals surface area (Å²) in [6.45, 7) is 4.27. The van der Waals surface area contributed by atoms with Gasteiger partial charge in [-0.3, -0.25) is 9.79 Å². The quantitative estimate of drug-likeness (QED) is 0.538. The van der Waals surface area contributed by atoms with Crippen LogP contribution in [0, 0.1) is 5.92 Å². The second kappa shape index (κ2) is 6.61. The van der Waals surface area contributed by atoms with E-state index in [2.05, 4.69) is 4.99 Å². The molecule has 104 valence electrons. The number of guanidine groups is 1. The molecule has 1 fully saturated rings. The molecule has 5 heteroatoms. The Balaban J connectivity index is 2.45. The molecule has 0 aromatic carbocycles. The summed E-state index contributed by atoms with van der Waals surface area (Å²) in [5.74, 6) is 1.80. The summed E-state index contributed by atoms with van der Waals surface area (Å²) in [7, 11) is 8.04. The van der Waals surface area contributed by atoms with Crippen molar-refractivity contribution in [3.63, 3.8) is 0 Å². The van der Waals surface area contributed by atoms with Crippen LogP contribution in [0.5, 0.6) is 0 Å². The van der Waals surface area contributed by atoms with Crippen molar-refractivity contribution in [2.75, 3.05) is 47.8 Å². The van der Waals surface area contributed by atoms with Crippen molar-refractivity contribution in [2.45, 2.75) is 19.8 Å². The molecular formula is C13H26N4O. The highest BCUT2D eigenvalue weighted by Crippen LogP contribution is 2.17. The molecule has 0 saturated carbocycles. The Morgan fingerprint density at radius 2 is 1.67 bits per heavy atom. The zero-order valence-electron chi connectivity index (χ0n) is 12.3. The Labute approximate surface area is 110 Å². The molecule has 1 aliphatic heterocycles. The van der Waals surface area contributed by atoms with E-state index in [1.807, 2.05) is 42.9 Å². The Bertz CT molecular complexity index is 294. The van der Waals surface area contributed by atoms with Gasteiger partial charge in [0, 0.05) is 54.7 Å². The standard InChI is InChI=1S/C13H26N4O/c1-11(18)17-8-6-12(7-9-17)10-14-13(15(2)3)16(4)5/h12H,6-10H2,1-5H3. The molecule has 0 radical (unpaired) electrons. The van der Waals surface area contributed by atoms with E-state index in [1.54, 1.807) is 6.92 Å². The van der Waals surface area contributed by atoms with Crippen molar-refractivity contribution in [3.8, 4) is 0 Å². The average Bonchev–Trinajstić information content (AvgIpc) is 2.28. The maximum atomic E-state index is 11.2. The van der Waals surface area contributed by atoms with Crippen LogP contribution in [0.4, 0.5) is 0 Å². The van der Waals surface area contributed by atoms with Crippen LogP contribution in [0.25, 0.3) is 0 Å². The molecule has 0 aromatic heterocycles. The predicted octanol–water partition coefficient (Wildman–Crippen LogP) is 0.724. The molecule has 18 heavy (non-hydrogen) atoms. The number of carbonyl (C=O) groups excluding carboxylic acids is 1. The van der Waals surface area contributed by atoms with Gasteiger partial charge in [0.25, 0.3) is 0 Å². The summed E-state index contributed by atoms with van der Waals surface area (Å²) in [5.41, 5.74) is 0. The molecule has 5 nitrogen and oxygen atoms in total. The Kier molecular flexibility index (Phi) is 5.44. The summed E-state index contributed by atoms with van der Waals surface area (Å²) >= 11 is 0. The van der Waals surface area contributed by atoms with Crippen LogP contribution in [0.2, 0.25) is 0 Å². The van der Waals surface area contributed by atoms with Gasteiger partial charge >= 0.3 is 0 Å². The highest BCUT2D eigenvalue weighted by Gasteiger charge is 2.20. The van der Waals surface area contributed by atoms with E-state index in [1.165, 1.54) is 0 Å². The molecule has 1 saturated heterocycles. The summed E-state index contributed by atoms with van der Waals surface area (Å²) in [4.78, 5) is 21.9. The maximum absolute atomic E-state index is 11.2. The maximum Gasteiger partial charge on any atom is 0.219 e. The van der Waals surface area contributed by atoms with Gasteiger partial charge in [0.05, 0.1) is 0 Å². The second-order valence-electron chi connectivity index (χ2n) is 5.38. The lowest BCUT2D eigenvalue weighted by Crippen LogP contribution is -2.39. The highest BCUT2D eigenvalue weighted by atomic mass is 16.2. The van der Waals surface area contributed by atoms with Gasteiger partial charge < -0.3 is 14.7 Å². The number of likely N-dealkylation sites (tertiary alicyclic amines) is 1. The molecule has 0 aliphatic carbocycles. The fourth-order valence-corrected chi connectivity index (χ4v) is 2.32. The fraction of sp³-hybridized carbons (Fsp3) is 0.846. The molecule has 0 spiro atoms. The van der Waals surface area contributed by atoms with Gasteiger partial charge in [-0.1, -0.05) is 0 Å². The minimum Gasteiger partial charge on any atom is -0.349 e. The first-order valence-corrected chi connectivity index (χ1v) is 6.56. The van der Waals surface area contributed by atoms with E-state index in [0.29, 0.717) is 5.92 Å². The SMILES string of the molecule is CC(=O)N1CCC(CN=C(N(C)C)N(C)C)CC1. The van der Waals surface area contributed by atoms with E-state index >= 15 is 0 Å². The number of aliphatic imine (C=N–C) groups is 1. The van der Waals surface area contributed by atoms with Crippen molar-refractivity contribution < 1.29 is 4.79 Å². The van der Waals surface area contributed by atoms with Crippen LogP contribution >= 0.6 is 0 Å². The highest BCUT2D eigenvalue weighted by molar-refractivity contribution is 5.79. The van der Waals surface area contributed by atoms with Gasteiger partial charge in [-0.2, -0.15) is 0 Å². The number of rotatable bonds is 2. The third-order valence-corrected chi connectivity index (χ3v) is 3.35. The van der Waals surface area contributed by atoms with Crippen molar-refractivity contribution in [3.05, 3.63) is 0 Å². The number of piperidine rings is 1. The predicted molar refractivity (Wildman–Crippen MR) is 74.7 cm³/mol. The molecule has 1 rings (SSSR count). The summed E-state index contributed by atoms with van der Waals surface area (Å²) in [5, 5.41) is 0. The van der Waals surface area contributed by atoms with Crippen molar-refractivity contribution in [1.82, 2.24) is 14.7 Å². The van der Waals surface area contributed by atoms with Crippen molar-refractivity contribution >= 4 is 11.9 Å². The van der Waals surface area contributed by atoms with E-state index in [0.717, 1.165) is 38.4 Å². The normalized spacial score (nSPS) is 16.4. The lowest BCUT2D eigenvalue weighted by Gasteiger charge is -2.31. The van der Waals surface area contributed by atoms with Crippen molar-refractivity contribution in [2.24, 2.45) is 10.9 Å². The van der Waals surface area contributed by atoms with Crippen LogP contribution < -0.4 is 0 Å². The first kappa shape index (κ1) is 14.8. The first-order valence-electron chi connectivity index (χ1n) is 6.56.